The van der Waals surface area contributed by atoms with Crippen molar-refractivity contribution >= 4 is 5.91 Å². The fraction of sp³-hybridized carbons (Fsp3) is 0.903. The summed E-state index contributed by atoms with van der Waals surface area (Å²) in [5.74, 6) is -0.228. The van der Waals surface area contributed by atoms with Crippen molar-refractivity contribution in [1.82, 2.24) is 5.32 Å². The van der Waals surface area contributed by atoms with E-state index in [0.717, 1.165) is 12.8 Å². The van der Waals surface area contributed by atoms with Gasteiger partial charge in [0.2, 0.25) is 5.91 Å². The Labute approximate surface area is 237 Å². The Morgan fingerprint density at radius 2 is 1.41 bits per heavy atom. The van der Waals surface area contributed by atoms with Crippen molar-refractivity contribution in [3.8, 4) is 0 Å². The highest BCUT2D eigenvalue weighted by Crippen LogP contribution is 2.38. The molecule has 0 fully saturated rings. The van der Waals surface area contributed by atoms with E-state index in [9.17, 15) is 30.3 Å². The molecule has 0 aromatic carbocycles. The molecule has 230 valence electrons. The van der Waals surface area contributed by atoms with Crippen molar-refractivity contribution in [2.75, 3.05) is 6.61 Å². The Hall–Kier alpha value is -1.03. The SMILES string of the molecule is CC(C)(C)CC(C)(C)CC(=O)NC(COC1CC=CCC(O)C(O)C1O)C(O)CC(O)C(C)(C)CC(C)(C)C. The minimum absolute atomic E-state index is 0.0158. The fourth-order valence-electron chi connectivity index (χ4n) is 6.22. The minimum Gasteiger partial charge on any atom is -0.392 e. The van der Waals surface area contributed by atoms with E-state index in [2.05, 4.69) is 46.9 Å². The van der Waals surface area contributed by atoms with Gasteiger partial charge in [0, 0.05) is 12.8 Å². The molecule has 8 nitrogen and oxygen atoms in total. The van der Waals surface area contributed by atoms with Gasteiger partial charge >= 0.3 is 0 Å². The predicted octanol–water partition coefficient (Wildman–Crippen LogP) is 3.72. The lowest BCUT2D eigenvalue weighted by Crippen LogP contribution is -2.52. The molecular formula is C31H59NO7. The highest BCUT2D eigenvalue weighted by Gasteiger charge is 2.38. The first-order valence-electron chi connectivity index (χ1n) is 14.5. The number of carbonyl (C=O) groups excluding carboxylic acids is 1. The first-order chi connectivity index (χ1) is 17.5. The van der Waals surface area contributed by atoms with Crippen LogP contribution in [0, 0.1) is 21.7 Å². The van der Waals surface area contributed by atoms with Gasteiger partial charge in [-0.3, -0.25) is 4.79 Å². The molecule has 1 rings (SSSR count). The summed E-state index contributed by atoms with van der Waals surface area (Å²) in [7, 11) is 0. The van der Waals surface area contributed by atoms with Gasteiger partial charge in [0.15, 0.2) is 0 Å². The number of aliphatic hydroxyl groups is 5. The molecule has 0 saturated heterocycles. The molecule has 8 heteroatoms. The number of amides is 1. The van der Waals surface area contributed by atoms with Gasteiger partial charge in [-0.05, 0) is 47.3 Å². The molecule has 0 saturated carbocycles. The van der Waals surface area contributed by atoms with Crippen molar-refractivity contribution in [3.05, 3.63) is 12.2 Å². The van der Waals surface area contributed by atoms with E-state index in [4.69, 9.17) is 4.74 Å². The van der Waals surface area contributed by atoms with E-state index in [1.165, 1.54) is 0 Å². The minimum atomic E-state index is -1.38. The average molecular weight is 558 g/mol. The summed E-state index contributed by atoms with van der Waals surface area (Å²) in [4.78, 5) is 13.2. The van der Waals surface area contributed by atoms with Crippen LogP contribution < -0.4 is 5.32 Å². The van der Waals surface area contributed by atoms with E-state index in [1.807, 2.05) is 27.7 Å². The molecule has 0 heterocycles. The van der Waals surface area contributed by atoms with Gasteiger partial charge in [0.1, 0.15) is 12.2 Å². The maximum Gasteiger partial charge on any atom is 0.220 e. The molecule has 0 aliphatic heterocycles. The summed E-state index contributed by atoms with van der Waals surface area (Å²) < 4.78 is 5.96. The number of aliphatic hydroxyl groups excluding tert-OH is 5. The molecule has 0 spiro atoms. The van der Waals surface area contributed by atoms with Gasteiger partial charge in [0.25, 0.3) is 0 Å². The molecule has 7 atom stereocenters. The Balaban J connectivity index is 3.07. The van der Waals surface area contributed by atoms with Crippen LogP contribution in [0.5, 0.6) is 0 Å². The second-order valence-corrected chi connectivity index (χ2v) is 15.7. The summed E-state index contributed by atoms with van der Waals surface area (Å²) in [6.07, 6.45) is -0.681. The normalized spacial score (nSPS) is 25.9. The molecule has 0 radical (unpaired) electrons. The highest BCUT2D eigenvalue weighted by molar-refractivity contribution is 5.77. The van der Waals surface area contributed by atoms with Crippen LogP contribution in [-0.4, -0.2) is 80.7 Å². The second-order valence-electron chi connectivity index (χ2n) is 15.7. The third kappa shape index (κ3) is 13.5. The number of rotatable bonds is 12. The van der Waals surface area contributed by atoms with Crippen LogP contribution in [0.2, 0.25) is 0 Å². The molecule has 1 aliphatic carbocycles. The molecule has 1 aliphatic rings. The fourth-order valence-corrected chi connectivity index (χ4v) is 6.22. The topological polar surface area (TPSA) is 139 Å². The van der Waals surface area contributed by atoms with Crippen LogP contribution >= 0.6 is 0 Å². The van der Waals surface area contributed by atoms with E-state index in [1.54, 1.807) is 12.2 Å². The van der Waals surface area contributed by atoms with Crippen LogP contribution in [0.3, 0.4) is 0 Å². The summed E-state index contributed by atoms with van der Waals surface area (Å²) in [6, 6.07) is -0.841. The van der Waals surface area contributed by atoms with E-state index in [0.29, 0.717) is 6.42 Å². The van der Waals surface area contributed by atoms with Gasteiger partial charge in [-0.1, -0.05) is 81.4 Å². The van der Waals surface area contributed by atoms with Crippen LogP contribution in [0.15, 0.2) is 12.2 Å². The summed E-state index contributed by atoms with van der Waals surface area (Å²) in [5, 5.41) is 56.2. The smallest absolute Gasteiger partial charge is 0.220 e. The third-order valence-corrected chi connectivity index (χ3v) is 7.34. The number of nitrogens with one attached hydrogen (secondary N) is 1. The Kier molecular flexibility index (Phi) is 13.1. The molecule has 1 amide bonds. The van der Waals surface area contributed by atoms with Crippen LogP contribution in [0.1, 0.15) is 108 Å². The molecule has 0 bridgehead atoms. The van der Waals surface area contributed by atoms with Crippen molar-refractivity contribution in [2.24, 2.45) is 21.7 Å². The Morgan fingerprint density at radius 3 is 1.95 bits per heavy atom. The lowest BCUT2D eigenvalue weighted by Gasteiger charge is -2.38. The molecule has 0 aromatic rings. The summed E-state index contributed by atoms with van der Waals surface area (Å²) in [6.45, 7) is 20.6. The van der Waals surface area contributed by atoms with Crippen molar-refractivity contribution in [1.29, 1.82) is 0 Å². The van der Waals surface area contributed by atoms with Gasteiger partial charge in [0.05, 0.1) is 37.1 Å². The Morgan fingerprint density at radius 1 is 0.872 bits per heavy atom. The number of hydrogen-bond acceptors (Lipinski definition) is 7. The highest BCUT2D eigenvalue weighted by atomic mass is 16.5. The zero-order valence-electron chi connectivity index (χ0n) is 26.2. The molecule has 6 N–H and O–H groups in total. The lowest BCUT2D eigenvalue weighted by molar-refractivity contribution is -0.135. The van der Waals surface area contributed by atoms with Crippen molar-refractivity contribution in [3.63, 3.8) is 0 Å². The first kappa shape index (κ1) is 36.0. The van der Waals surface area contributed by atoms with Crippen molar-refractivity contribution in [2.45, 2.75) is 150 Å². The molecule has 0 aromatic heterocycles. The maximum absolute atomic E-state index is 13.2. The zero-order valence-corrected chi connectivity index (χ0v) is 26.2. The zero-order chi connectivity index (χ0) is 30.4. The standard InChI is InChI=1S/C31H59NO7/c1-28(2,3)18-30(7,8)16-25(36)32-20(22(34)15-24(35)31(9,10)19-29(4,5)6)17-39-23-14-12-11-13-21(33)26(37)27(23)38/h11-12,20-24,26-27,33-35,37-38H,13-19H2,1-10H3,(H,32,36). The first-order valence-corrected chi connectivity index (χ1v) is 14.5. The number of carbonyl (C=O) groups is 1. The van der Waals surface area contributed by atoms with E-state index in [-0.39, 0.29) is 48.0 Å². The molecule has 7 unspecified atom stereocenters. The second kappa shape index (κ2) is 14.2. The van der Waals surface area contributed by atoms with Gasteiger partial charge in [-0.2, -0.15) is 0 Å². The quantitative estimate of drug-likeness (QED) is 0.201. The number of ether oxygens (including phenoxy) is 1. The number of hydrogen-bond donors (Lipinski definition) is 6. The maximum atomic E-state index is 13.2. The van der Waals surface area contributed by atoms with E-state index >= 15 is 0 Å². The largest absolute Gasteiger partial charge is 0.392 e. The van der Waals surface area contributed by atoms with Crippen molar-refractivity contribution < 1.29 is 35.1 Å². The summed E-state index contributed by atoms with van der Waals surface area (Å²) in [5.41, 5.74) is -0.711. The van der Waals surface area contributed by atoms with Gasteiger partial charge < -0.3 is 35.6 Å². The average Bonchev–Trinajstić information content (AvgIpc) is 2.71. The van der Waals surface area contributed by atoms with Crippen LogP contribution in [0.25, 0.3) is 0 Å². The Bertz CT molecular complexity index is 781. The molecule has 39 heavy (non-hydrogen) atoms. The third-order valence-electron chi connectivity index (χ3n) is 7.34. The predicted molar refractivity (Wildman–Crippen MR) is 155 cm³/mol. The monoisotopic (exact) mass is 557 g/mol. The van der Waals surface area contributed by atoms with E-state index < -0.39 is 48.1 Å². The molecular weight excluding hydrogens is 498 g/mol. The van der Waals surface area contributed by atoms with Gasteiger partial charge in [-0.25, -0.2) is 0 Å². The van der Waals surface area contributed by atoms with Crippen LogP contribution in [-0.2, 0) is 9.53 Å². The summed E-state index contributed by atoms with van der Waals surface area (Å²) >= 11 is 0. The lowest BCUT2D eigenvalue weighted by atomic mass is 9.71. The van der Waals surface area contributed by atoms with Gasteiger partial charge in [-0.15, -0.1) is 0 Å². The van der Waals surface area contributed by atoms with Crippen LogP contribution in [0.4, 0.5) is 0 Å².